The van der Waals surface area contributed by atoms with Gasteiger partial charge in [-0.3, -0.25) is 9.59 Å². The number of carbonyl (C=O) groups is 2. The number of rotatable bonds is 4. The average molecular weight is 294 g/mol. The summed E-state index contributed by atoms with van der Waals surface area (Å²) in [4.78, 5) is 23.7. The Morgan fingerprint density at radius 2 is 1.73 bits per heavy atom. The van der Waals surface area contributed by atoms with Crippen LogP contribution in [0.1, 0.15) is 18.1 Å². The predicted octanol–water partition coefficient (Wildman–Crippen LogP) is 3.11. The van der Waals surface area contributed by atoms with E-state index in [1.807, 2.05) is 55.5 Å². The standard InChI is InChI=1S/C18H18N2O2/c1-13-7-6-10-16(11-13)20-18(22)17(19-14(2)21)12-15-8-4-3-5-9-15/h3-12H,1-2H3,(H,19,21)(H,20,22)/b17-12-. The van der Waals surface area contributed by atoms with Crippen molar-refractivity contribution in [2.24, 2.45) is 0 Å². The molecule has 0 saturated carbocycles. The molecule has 2 amide bonds. The van der Waals surface area contributed by atoms with Crippen molar-refractivity contribution in [3.05, 3.63) is 71.4 Å². The third-order valence-electron chi connectivity index (χ3n) is 2.94. The lowest BCUT2D eigenvalue weighted by molar-refractivity contribution is -0.120. The fourth-order valence-electron chi connectivity index (χ4n) is 1.99. The van der Waals surface area contributed by atoms with Gasteiger partial charge in [-0.05, 0) is 36.3 Å². The molecule has 0 aliphatic rings. The smallest absolute Gasteiger partial charge is 0.272 e. The Balaban J connectivity index is 2.23. The second kappa shape index (κ2) is 7.22. The first-order chi connectivity index (χ1) is 10.5. The van der Waals surface area contributed by atoms with E-state index in [2.05, 4.69) is 10.6 Å². The van der Waals surface area contributed by atoms with E-state index < -0.39 is 0 Å². The molecule has 2 N–H and O–H groups in total. The van der Waals surface area contributed by atoms with Gasteiger partial charge in [0.25, 0.3) is 5.91 Å². The molecule has 112 valence electrons. The van der Waals surface area contributed by atoms with Gasteiger partial charge in [-0.15, -0.1) is 0 Å². The van der Waals surface area contributed by atoms with E-state index in [1.165, 1.54) is 6.92 Å². The molecule has 22 heavy (non-hydrogen) atoms. The minimum absolute atomic E-state index is 0.209. The third kappa shape index (κ3) is 4.59. The van der Waals surface area contributed by atoms with E-state index in [1.54, 1.807) is 12.1 Å². The molecule has 2 rings (SSSR count). The second-order valence-electron chi connectivity index (χ2n) is 4.97. The summed E-state index contributed by atoms with van der Waals surface area (Å²) >= 11 is 0. The van der Waals surface area contributed by atoms with Gasteiger partial charge in [-0.1, -0.05) is 42.5 Å². The average Bonchev–Trinajstić information content (AvgIpc) is 2.47. The number of hydrogen-bond acceptors (Lipinski definition) is 2. The summed E-state index contributed by atoms with van der Waals surface area (Å²) in [5, 5.41) is 5.36. The second-order valence-corrected chi connectivity index (χ2v) is 4.97. The number of hydrogen-bond donors (Lipinski definition) is 2. The number of aryl methyl sites for hydroxylation is 1. The third-order valence-corrected chi connectivity index (χ3v) is 2.94. The molecule has 0 aliphatic heterocycles. The van der Waals surface area contributed by atoms with Gasteiger partial charge in [0.05, 0.1) is 0 Å². The fraction of sp³-hybridized carbons (Fsp3) is 0.111. The summed E-state index contributed by atoms with van der Waals surface area (Å²) < 4.78 is 0. The normalized spacial score (nSPS) is 10.9. The molecule has 0 spiro atoms. The van der Waals surface area contributed by atoms with Crippen molar-refractivity contribution in [3.8, 4) is 0 Å². The maximum absolute atomic E-state index is 12.4. The van der Waals surface area contributed by atoms with Crippen molar-refractivity contribution in [2.45, 2.75) is 13.8 Å². The van der Waals surface area contributed by atoms with Crippen LogP contribution in [0.4, 0.5) is 5.69 Å². The lowest BCUT2D eigenvalue weighted by Gasteiger charge is -2.10. The van der Waals surface area contributed by atoms with Gasteiger partial charge >= 0.3 is 0 Å². The van der Waals surface area contributed by atoms with E-state index in [9.17, 15) is 9.59 Å². The van der Waals surface area contributed by atoms with E-state index in [4.69, 9.17) is 0 Å². The maximum atomic E-state index is 12.4. The molecule has 0 aromatic heterocycles. The Morgan fingerprint density at radius 3 is 2.36 bits per heavy atom. The molecular formula is C18H18N2O2. The highest BCUT2D eigenvalue weighted by Crippen LogP contribution is 2.12. The zero-order valence-electron chi connectivity index (χ0n) is 12.6. The molecular weight excluding hydrogens is 276 g/mol. The monoisotopic (exact) mass is 294 g/mol. The molecule has 0 fully saturated rings. The maximum Gasteiger partial charge on any atom is 0.272 e. The SMILES string of the molecule is CC(=O)N/C(=C\c1ccccc1)C(=O)Nc1cccc(C)c1. The molecule has 2 aromatic carbocycles. The summed E-state index contributed by atoms with van der Waals surface area (Å²) in [7, 11) is 0. The van der Waals surface area contributed by atoms with Crippen LogP contribution in [0.2, 0.25) is 0 Å². The first-order valence-corrected chi connectivity index (χ1v) is 6.97. The zero-order chi connectivity index (χ0) is 15.9. The molecule has 0 saturated heterocycles. The first kappa shape index (κ1) is 15.5. The largest absolute Gasteiger partial charge is 0.322 e. The topological polar surface area (TPSA) is 58.2 Å². The van der Waals surface area contributed by atoms with Crippen LogP contribution in [0.15, 0.2) is 60.3 Å². The Labute approximate surface area is 129 Å². The Bertz CT molecular complexity index is 706. The Hall–Kier alpha value is -2.88. The highest BCUT2D eigenvalue weighted by atomic mass is 16.2. The highest BCUT2D eigenvalue weighted by Gasteiger charge is 2.11. The van der Waals surface area contributed by atoms with Crippen molar-refractivity contribution in [1.29, 1.82) is 0 Å². The van der Waals surface area contributed by atoms with Gasteiger partial charge in [0.15, 0.2) is 0 Å². The molecule has 2 aromatic rings. The molecule has 0 unspecified atom stereocenters. The summed E-state index contributed by atoms with van der Waals surface area (Å²) in [5.74, 6) is -0.647. The van der Waals surface area contributed by atoms with E-state index >= 15 is 0 Å². The van der Waals surface area contributed by atoms with Gasteiger partial charge in [0, 0.05) is 12.6 Å². The van der Waals surface area contributed by atoms with Gasteiger partial charge in [0.2, 0.25) is 5.91 Å². The van der Waals surface area contributed by atoms with Gasteiger partial charge in [0.1, 0.15) is 5.70 Å². The lowest BCUT2D eigenvalue weighted by Crippen LogP contribution is -2.28. The zero-order valence-corrected chi connectivity index (χ0v) is 12.6. The van der Waals surface area contributed by atoms with E-state index in [0.29, 0.717) is 5.69 Å². The van der Waals surface area contributed by atoms with Crippen LogP contribution in [-0.2, 0) is 9.59 Å². The Morgan fingerprint density at radius 1 is 1.00 bits per heavy atom. The van der Waals surface area contributed by atoms with Crippen LogP contribution in [0.25, 0.3) is 6.08 Å². The van der Waals surface area contributed by atoms with Gasteiger partial charge in [-0.25, -0.2) is 0 Å². The summed E-state index contributed by atoms with van der Waals surface area (Å²) in [6.45, 7) is 3.32. The van der Waals surface area contributed by atoms with Crippen LogP contribution in [0.3, 0.4) is 0 Å². The molecule has 0 atom stereocenters. The van der Waals surface area contributed by atoms with Crippen molar-refractivity contribution >= 4 is 23.6 Å². The van der Waals surface area contributed by atoms with Crippen molar-refractivity contribution < 1.29 is 9.59 Å². The fourth-order valence-corrected chi connectivity index (χ4v) is 1.99. The molecule has 0 aliphatic carbocycles. The molecule has 4 heteroatoms. The van der Waals surface area contributed by atoms with Crippen LogP contribution in [0.5, 0.6) is 0 Å². The minimum atomic E-state index is -0.357. The number of benzene rings is 2. The van der Waals surface area contributed by atoms with Crippen LogP contribution in [0, 0.1) is 6.92 Å². The number of nitrogens with one attached hydrogen (secondary N) is 2. The quantitative estimate of drug-likeness (QED) is 0.851. The van der Waals surface area contributed by atoms with Crippen LogP contribution < -0.4 is 10.6 Å². The Kier molecular flexibility index (Phi) is 5.09. The summed E-state index contributed by atoms with van der Waals surface area (Å²) in [6.07, 6.45) is 1.65. The number of anilines is 1. The molecule has 4 nitrogen and oxygen atoms in total. The number of carbonyl (C=O) groups excluding carboxylic acids is 2. The molecule has 0 heterocycles. The van der Waals surface area contributed by atoms with Gasteiger partial charge in [-0.2, -0.15) is 0 Å². The first-order valence-electron chi connectivity index (χ1n) is 6.97. The van der Waals surface area contributed by atoms with Crippen molar-refractivity contribution in [3.63, 3.8) is 0 Å². The highest BCUT2D eigenvalue weighted by molar-refractivity contribution is 6.08. The number of amides is 2. The van der Waals surface area contributed by atoms with E-state index in [0.717, 1.165) is 11.1 Å². The molecule has 0 bridgehead atoms. The van der Waals surface area contributed by atoms with E-state index in [-0.39, 0.29) is 17.5 Å². The van der Waals surface area contributed by atoms with Gasteiger partial charge < -0.3 is 10.6 Å². The van der Waals surface area contributed by atoms with Crippen molar-refractivity contribution in [2.75, 3.05) is 5.32 Å². The lowest BCUT2D eigenvalue weighted by atomic mass is 10.1. The van der Waals surface area contributed by atoms with Crippen molar-refractivity contribution in [1.82, 2.24) is 5.32 Å². The summed E-state index contributed by atoms with van der Waals surface area (Å²) in [5.41, 5.74) is 2.78. The van der Waals surface area contributed by atoms with Crippen LogP contribution in [-0.4, -0.2) is 11.8 Å². The molecule has 0 radical (unpaired) electrons. The minimum Gasteiger partial charge on any atom is -0.322 e. The van der Waals surface area contributed by atoms with Crippen LogP contribution >= 0.6 is 0 Å². The summed E-state index contributed by atoms with van der Waals surface area (Å²) in [6, 6.07) is 16.8. The predicted molar refractivity (Wildman–Crippen MR) is 88.0 cm³/mol.